The van der Waals surface area contributed by atoms with Gasteiger partial charge >= 0.3 is 0 Å². The Balaban J connectivity index is 5.19. The molecule has 0 aliphatic heterocycles. The molecule has 5 amide bonds. The smallest absolute Gasteiger partial charge is 0.243 e. The SMILES string of the molecule is C#CCOCCC(=O)NC(CCC(=O)NC(C)(C)CCOC(C)(C)CCC(=O)NCCC)C(=O)NC(C)(C)CCOC(C)(C)CCC(=O)NCCC. The standard InChI is InChI=1S/C39H71N5O8/c1-12-24-40-31(45)17-20-38(8,9)51-28-22-36(4,5)43-34(48)16-15-30(42-33(47)19-27-50-26-14-3)35(49)44-37(6,7)23-29-52-39(10,11)21-18-32(46)41-25-13-2/h3,30H,12-13,15-29H2,1-2,4-11H3,(H,40,45)(H,41,46)(H,42,47)(H,43,48)(H,44,49). The maximum atomic E-state index is 13.5. The monoisotopic (exact) mass is 738 g/mol. The van der Waals surface area contributed by atoms with Crippen molar-refractivity contribution in [2.45, 2.75) is 168 Å². The second kappa shape index (κ2) is 24.9. The van der Waals surface area contributed by atoms with Gasteiger partial charge in [0.2, 0.25) is 29.5 Å². The van der Waals surface area contributed by atoms with E-state index in [2.05, 4.69) is 32.5 Å². The lowest BCUT2D eigenvalue weighted by molar-refractivity contribution is -0.131. The molecule has 0 aromatic heterocycles. The molecule has 0 aliphatic rings. The molecule has 0 radical (unpaired) electrons. The van der Waals surface area contributed by atoms with E-state index in [1.807, 2.05) is 69.2 Å². The van der Waals surface area contributed by atoms with Crippen molar-refractivity contribution in [1.82, 2.24) is 26.6 Å². The molecule has 0 rings (SSSR count). The van der Waals surface area contributed by atoms with Crippen LogP contribution in [0.2, 0.25) is 0 Å². The number of hydrogen-bond donors (Lipinski definition) is 5. The molecule has 1 unspecified atom stereocenters. The minimum absolute atomic E-state index is 0.00181. The average Bonchev–Trinajstić information content (AvgIpc) is 3.03. The summed E-state index contributed by atoms with van der Waals surface area (Å²) in [4.78, 5) is 63.4. The Morgan fingerprint density at radius 3 is 1.56 bits per heavy atom. The summed E-state index contributed by atoms with van der Waals surface area (Å²) in [5.74, 6) is 1.27. The van der Waals surface area contributed by atoms with Crippen LogP contribution in [-0.4, -0.2) is 97.4 Å². The molecule has 0 bridgehead atoms. The quantitative estimate of drug-likeness (QED) is 0.0565. The molecule has 300 valence electrons. The normalized spacial score (nSPS) is 12.7. The fraction of sp³-hybridized carbons (Fsp3) is 0.821. The fourth-order valence-electron chi connectivity index (χ4n) is 4.94. The van der Waals surface area contributed by atoms with Crippen molar-refractivity contribution in [2.75, 3.05) is 39.5 Å². The van der Waals surface area contributed by atoms with Gasteiger partial charge in [0.25, 0.3) is 0 Å². The van der Waals surface area contributed by atoms with Gasteiger partial charge in [-0.2, -0.15) is 0 Å². The van der Waals surface area contributed by atoms with E-state index in [1.165, 1.54) is 0 Å². The third-order valence-corrected chi connectivity index (χ3v) is 8.40. The van der Waals surface area contributed by atoms with Crippen LogP contribution in [0.3, 0.4) is 0 Å². The molecule has 0 saturated heterocycles. The van der Waals surface area contributed by atoms with E-state index < -0.39 is 40.1 Å². The fourth-order valence-corrected chi connectivity index (χ4v) is 4.94. The van der Waals surface area contributed by atoms with Crippen LogP contribution >= 0.6 is 0 Å². The summed E-state index contributed by atoms with van der Waals surface area (Å²) < 4.78 is 17.4. The second-order valence-electron chi connectivity index (χ2n) is 15.9. The highest BCUT2D eigenvalue weighted by molar-refractivity contribution is 5.88. The highest BCUT2D eigenvalue weighted by atomic mass is 16.5. The van der Waals surface area contributed by atoms with Crippen LogP contribution in [0.5, 0.6) is 0 Å². The molecule has 0 heterocycles. The van der Waals surface area contributed by atoms with Gasteiger partial charge in [0.15, 0.2) is 0 Å². The zero-order valence-corrected chi connectivity index (χ0v) is 33.9. The maximum absolute atomic E-state index is 13.5. The van der Waals surface area contributed by atoms with Crippen molar-refractivity contribution in [3.8, 4) is 12.3 Å². The number of nitrogens with one attached hydrogen (secondary N) is 5. The van der Waals surface area contributed by atoms with Crippen molar-refractivity contribution in [3.05, 3.63) is 0 Å². The number of carbonyl (C=O) groups excluding carboxylic acids is 5. The third kappa shape index (κ3) is 25.7. The van der Waals surface area contributed by atoms with Crippen molar-refractivity contribution in [3.63, 3.8) is 0 Å². The van der Waals surface area contributed by atoms with Gasteiger partial charge in [0.05, 0.1) is 24.2 Å². The molecule has 0 aromatic carbocycles. The van der Waals surface area contributed by atoms with Crippen molar-refractivity contribution >= 4 is 29.5 Å². The summed E-state index contributed by atoms with van der Waals surface area (Å²) in [5.41, 5.74) is -2.33. The van der Waals surface area contributed by atoms with Crippen molar-refractivity contribution in [2.24, 2.45) is 0 Å². The molecule has 0 fully saturated rings. The average molecular weight is 738 g/mol. The Morgan fingerprint density at radius 2 is 1.10 bits per heavy atom. The van der Waals surface area contributed by atoms with Crippen LogP contribution in [0.25, 0.3) is 0 Å². The van der Waals surface area contributed by atoms with E-state index in [0.29, 0.717) is 64.8 Å². The minimum atomic E-state index is -0.967. The predicted molar refractivity (Wildman–Crippen MR) is 204 cm³/mol. The number of amides is 5. The largest absolute Gasteiger partial charge is 0.375 e. The lowest BCUT2D eigenvalue weighted by Gasteiger charge is -2.32. The van der Waals surface area contributed by atoms with Crippen LogP contribution in [0, 0.1) is 12.3 Å². The third-order valence-electron chi connectivity index (χ3n) is 8.40. The summed E-state index contributed by atoms with van der Waals surface area (Å²) in [6.07, 6.45) is 9.92. The summed E-state index contributed by atoms with van der Waals surface area (Å²) >= 11 is 0. The van der Waals surface area contributed by atoms with Gasteiger partial charge < -0.3 is 40.8 Å². The predicted octanol–water partition coefficient (Wildman–Crippen LogP) is 4.06. The Labute approximate surface area is 314 Å². The van der Waals surface area contributed by atoms with Crippen LogP contribution in [0.1, 0.15) is 140 Å². The van der Waals surface area contributed by atoms with Crippen molar-refractivity contribution in [1.29, 1.82) is 0 Å². The molecule has 0 spiro atoms. The Kier molecular flexibility index (Phi) is 23.4. The number of rotatable bonds is 29. The van der Waals surface area contributed by atoms with Gasteiger partial charge in [-0.15, -0.1) is 6.42 Å². The second-order valence-corrected chi connectivity index (χ2v) is 15.9. The summed E-state index contributed by atoms with van der Waals surface area (Å²) in [7, 11) is 0. The van der Waals surface area contributed by atoms with E-state index in [0.717, 1.165) is 12.8 Å². The molecule has 13 nitrogen and oxygen atoms in total. The number of terminal acetylenes is 1. The van der Waals surface area contributed by atoms with Gasteiger partial charge in [-0.25, -0.2) is 0 Å². The van der Waals surface area contributed by atoms with Gasteiger partial charge in [0.1, 0.15) is 12.6 Å². The molecule has 0 saturated carbocycles. The summed E-state index contributed by atoms with van der Waals surface area (Å²) in [6.45, 7) is 21.5. The minimum Gasteiger partial charge on any atom is -0.375 e. The highest BCUT2D eigenvalue weighted by Gasteiger charge is 2.30. The van der Waals surface area contributed by atoms with E-state index in [4.69, 9.17) is 20.6 Å². The number of hydrogen-bond acceptors (Lipinski definition) is 8. The Hall–Kier alpha value is -3.21. The van der Waals surface area contributed by atoms with E-state index >= 15 is 0 Å². The molecule has 13 heteroatoms. The van der Waals surface area contributed by atoms with Gasteiger partial charge in [-0.3, -0.25) is 24.0 Å². The van der Waals surface area contributed by atoms with Gasteiger partial charge in [-0.1, -0.05) is 19.8 Å². The van der Waals surface area contributed by atoms with Crippen LogP contribution < -0.4 is 26.6 Å². The lowest BCUT2D eigenvalue weighted by Crippen LogP contribution is -2.54. The molecular weight excluding hydrogens is 666 g/mol. The molecule has 5 N–H and O–H groups in total. The molecule has 0 aliphatic carbocycles. The van der Waals surface area contributed by atoms with E-state index in [9.17, 15) is 24.0 Å². The van der Waals surface area contributed by atoms with Gasteiger partial charge in [-0.05, 0) is 100 Å². The number of carbonyl (C=O) groups is 5. The highest BCUT2D eigenvalue weighted by Crippen LogP contribution is 2.21. The summed E-state index contributed by atoms with van der Waals surface area (Å²) in [6, 6.07) is -0.967. The molecular formula is C39H71N5O8. The first kappa shape index (κ1) is 48.8. The van der Waals surface area contributed by atoms with E-state index in [-0.39, 0.29) is 50.2 Å². The van der Waals surface area contributed by atoms with Gasteiger partial charge in [0, 0.05) is 56.6 Å². The van der Waals surface area contributed by atoms with E-state index in [1.54, 1.807) is 0 Å². The molecule has 1 atom stereocenters. The zero-order valence-electron chi connectivity index (χ0n) is 33.9. The first-order valence-electron chi connectivity index (χ1n) is 18.9. The number of ether oxygens (including phenoxy) is 3. The Morgan fingerprint density at radius 1 is 0.615 bits per heavy atom. The Bertz CT molecular complexity index is 1150. The van der Waals surface area contributed by atoms with Crippen LogP contribution in [0.4, 0.5) is 0 Å². The van der Waals surface area contributed by atoms with Crippen LogP contribution in [-0.2, 0) is 38.2 Å². The zero-order chi connectivity index (χ0) is 39.8. The maximum Gasteiger partial charge on any atom is 0.243 e. The molecule has 0 aromatic rings. The first-order chi connectivity index (χ1) is 24.2. The molecule has 52 heavy (non-hydrogen) atoms. The summed E-state index contributed by atoms with van der Waals surface area (Å²) in [5, 5.41) is 14.5. The lowest BCUT2D eigenvalue weighted by atomic mass is 9.98. The van der Waals surface area contributed by atoms with Crippen LogP contribution in [0.15, 0.2) is 0 Å². The van der Waals surface area contributed by atoms with Crippen molar-refractivity contribution < 1.29 is 38.2 Å². The first-order valence-corrected chi connectivity index (χ1v) is 18.9. The topological polar surface area (TPSA) is 173 Å².